The maximum absolute atomic E-state index is 10.5. The van der Waals surface area contributed by atoms with Crippen molar-refractivity contribution in [1.82, 2.24) is 5.32 Å². The van der Waals surface area contributed by atoms with Gasteiger partial charge in [0.15, 0.2) is 5.60 Å². The van der Waals surface area contributed by atoms with E-state index in [9.17, 15) is 9.90 Å². The topological polar surface area (TPSA) is 69.6 Å². The molecule has 0 amide bonds. The summed E-state index contributed by atoms with van der Waals surface area (Å²) in [6, 6.07) is 0. The van der Waals surface area contributed by atoms with Gasteiger partial charge >= 0.3 is 5.97 Å². The van der Waals surface area contributed by atoms with Crippen LogP contribution in [0.15, 0.2) is 0 Å². The number of aliphatic hydroxyl groups is 1. The van der Waals surface area contributed by atoms with E-state index in [1.54, 1.807) is 0 Å². The van der Waals surface area contributed by atoms with E-state index in [2.05, 4.69) is 5.32 Å². The molecule has 4 nitrogen and oxygen atoms in total. The Hall–Kier alpha value is -0.610. The lowest BCUT2D eigenvalue weighted by Crippen LogP contribution is -2.47. The van der Waals surface area contributed by atoms with Crippen molar-refractivity contribution in [3.8, 4) is 0 Å². The van der Waals surface area contributed by atoms with Crippen molar-refractivity contribution in [2.24, 2.45) is 0 Å². The van der Waals surface area contributed by atoms with Crippen molar-refractivity contribution in [3.05, 3.63) is 0 Å². The van der Waals surface area contributed by atoms with E-state index in [1.165, 1.54) is 6.92 Å². The molecule has 0 saturated heterocycles. The first kappa shape index (κ1) is 9.48. The Morgan fingerprint density at radius 1 is 1.67 bits per heavy atom. The highest BCUT2D eigenvalue weighted by Crippen LogP contribution is 2.34. The summed E-state index contributed by atoms with van der Waals surface area (Å²) in [6.45, 7) is 3.43. The number of aliphatic carboxylic acids is 1. The smallest absolute Gasteiger partial charge is 0.336 e. The summed E-state index contributed by atoms with van der Waals surface area (Å²) >= 11 is 0. The molecule has 12 heavy (non-hydrogen) atoms. The zero-order chi connectivity index (χ0) is 9.41. The van der Waals surface area contributed by atoms with Gasteiger partial charge in [-0.25, -0.2) is 4.79 Å². The first-order valence-electron chi connectivity index (χ1n) is 4.07. The van der Waals surface area contributed by atoms with Crippen LogP contribution in [0.5, 0.6) is 0 Å². The third-order valence-electron chi connectivity index (χ3n) is 2.32. The summed E-state index contributed by atoms with van der Waals surface area (Å²) in [5, 5.41) is 20.9. The summed E-state index contributed by atoms with van der Waals surface area (Å²) in [4.78, 5) is 10.5. The first-order chi connectivity index (χ1) is 5.36. The normalized spacial score (nSPS) is 24.6. The molecule has 1 saturated carbocycles. The van der Waals surface area contributed by atoms with Gasteiger partial charge in [-0.3, -0.25) is 0 Å². The fourth-order valence-corrected chi connectivity index (χ4v) is 0.825. The molecule has 0 aromatic rings. The first-order valence-corrected chi connectivity index (χ1v) is 4.07. The van der Waals surface area contributed by atoms with Crippen molar-refractivity contribution >= 4 is 5.97 Å². The van der Waals surface area contributed by atoms with Crippen LogP contribution in [0.2, 0.25) is 0 Å². The minimum Gasteiger partial charge on any atom is -0.479 e. The molecular weight excluding hydrogens is 158 g/mol. The number of hydrogen-bond acceptors (Lipinski definition) is 3. The van der Waals surface area contributed by atoms with Crippen LogP contribution >= 0.6 is 0 Å². The van der Waals surface area contributed by atoms with Gasteiger partial charge in [-0.05, 0) is 26.7 Å². The third kappa shape index (κ3) is 2.19. The van der Waals surface area contributed by atoms with Crippen LogP contribution < -0.4 is 5.32 Å². The number of hydrogen-bond donors (Lipinski definition) is 3. The molecule has 4 heteroatoms. The van der Waals surface area contributed by atoms with Gasteiger partial charge in [0.1, 0.15) is 0 Å². The summed E-state index contributed by atoms with van der Waals surface area (Å²) in [7, 11) is 0. The Morgan fingerprint density at radius 2 is 2.17 bits per heavy atom. The zero-order valence-corrected chi connectivity index (χ0v) is 7.42. The van der Waals surface area contributed by atoms with Gasteiger partial charge in [-0.1, -0.05) is 0 Å². The van der Waals surface area contributed by atoms with E-state index < -0.39 is 11.6 Å². The van der Waals surface area contributed by atoms with Crippen molar-refractivity contribution in [1.29, 1.82) is 0 Å². The minimum absolute atomic E-state index is 0.0689. The van der Waals surface area contributed by atoms with Gasteiger partial charge in [0.2, 0.25) is 0 Å². The second-order valence-corrected chi connectivity index (χ2v) is 3.99. The average Bonchev–Trinajstić information content (AvgIpc) is 2.66. The van der Waals surface area contributed by atoms with Crippen LogP contribution in [-0.2, 0) is 4.79 Å². The molecule has 0 aliphatic heterocycles. The largest absolute Gasteiger partial charge is 0.479 e. The van der Waals surface area contributed by atoms with E-state index in [0.717, 1.165) is 12.8 Å². The molecule has 0 radical (unpaired) electrons. The monoisotopic (exact) mass is 173 g/mol. The fourth-order valence-electron chi connectivity index (χ4n) is 0.825. The molecule has 3 N–H and O–H groups in total. The number of carboxylic acids is 1. The summed E-state index contributed by atoms with van der Waals surface area (Å²) < 4.78 is 0. The molecule has 1 fully saturated rings. The Labute approximate surface area is 71.6 Å². The molecule has 70 valence electrons. The van der Waals surface area contributed by atoms with Gasteiger partial charge in [0.05, 0.1) is 0 Å². The van der Waals surface area contributed by atoms with Gasteiger partial charge < -0.3 is 15.5 Å². The molecule has 0 aromatic heterocycles. The molecule has 1 rings (SSSR count). The van der Waals surface area contributed by atoms with Crippen molar-refractivity contribution in [3.63, 3.8) is 0 Å². The Balaban J connectivity index is 2.35. The highest BCUT2D eigenvalue weighted by molar-refractivity contribution is 5.76. The molecular formula is C8H15NO3. The maximum atomic E-state index is 10.5. The number of carboxylic acid groups (broad SMARTS) is 1. The van der Waals surface area contributed by atoms with E-state index in [-0.39, 0.29) is 12.1 Å². The second kappa shape index (κ2) is 2.71. The molecule has 1 aliphatic carbocycles. The van der Waals surface area contributed by atoms with E-state index in [1.807, 2.05) is 6.92 Å². The molecule has 1 aliphatic rings. The Morgan fingerprint density at radius 3 is 2.50 bits per heavy atom. The predicted octanol–water partition coefficient (Wildman–Crippen LogP) is -0.0359. The summed E-state index contributed by atoms with van der Waals surface area (Å²) in [6.07, 6.45) is 2.12. The van der Waals surface area contributed by atoms with Crippen LogP contribution in [0.25, 0.3) is 0 Å². The summed E-state index contributed by atoms with van der Waals surface area (Å²) in [5.74, 6) is -1.18. The van der Waals surface area contributed by atoms with E-state index >= 15 is 0 Å². The van der Waals surface area contributed by atoms with Gasteiger partial charge in [0.25, 0.3) is 0 Å². The Bertz CT molecular complexity index is 196. The lowest BCUT2D eigenvalue weighted by atomic mass is 10.1. The highest BCUT2D eigenvalue weighted by Gasteiger charge is 2.40. The van der Waals surface area contributed by atoms with Crippen LogP contribution in [0, 0.1) is 0 Å². The van der Waals surface area contributed by atoms with E-state index in [0.29, 0.717) is 0 Å². The molecule has 0 aromatic carbocycles. The van der Waals surface area contributed by atoms with Gasteiger partial charge in [0, 0.05) is 12.1 Å². The second-order valence-electron chi connectivity index (χ2n) is 3.99. The highest BCUT2D eigenvalue weighted by atomic mass is 16.4. The number of nitrogens with one attached hydrogen (secondary N) is 1. The SMILES string of the molecule is CC1(NCC(C)(O)C(=O)O)CC1. The van der Waals surface area contributed by atoms with Crippen LogP contribution in [-0.4, -0.2) is 33.9 Å². The number of rotatable bonds is 4. The molecule has 0 heterocycles. The third-order valence-corrected chi connectivity index (χ3v) is 2.32. The molecule has 1 unspecified atom stereocenters. The standard InChI is InChI=1S/C8H15NO3/c1-7(3-4-7)9-5-8(2,12)6(10)11/h9,12H,3-5H2,1-2H3,(H,10,11). The molecule has 0 spiro atoms. The van der Waals surface area contributed by atoms with Crippen molar-refractivity contribution in [2.45, 2.75) is 37.8 Å². The van der Waals surface area contributed by atoms with Crippen LogP contribution in [0.4, 0.5) is 0 Å². The van der Waals surface area contributed by atoms with Crippen LogP contribution in [0.3, 0.4) is 0 Å². The lowest BCUT2D eigenvalue weighted by molar-refractivity contribution is -0.156. The lowest BCUT2D eigenvalue weighted by Gasteiger charge is -2.21. The minimum atomic E-state index is -1.65. The predicted molar refractivity (Wildman–Crippen MR) is 43.9 cm³/mol. The van der Waals surface area contributed by atoms with Crippen molar-refractivity contribution < 1.29 is 15.0 Å². The average molecular weight is 173 g/mol. The maximum Gasteiger partial charge on any atom is 0.336 e. The fraction of sp³-hybridized carbons (Fsp3) is 0.875. The van der Waals surface area contributed by atoms with Gasteiger partial charge in [-0.2, -0.15) is 0 Å². The zero-order valence-electron chi connectivity index (χ0n) is 7.42. The molecule has 1 atom stereocenters. The molecule has 0 bridgehead atoms. The quantitative estimate of drug-likeness (QED) is 0.558. The van der Waals surface area contributed by atoms with Crippen molar-refractivity contribution in [2.75, 3.05) is 6.54 Å². The van der Waals surface area contributed by atoms with Crippen LogP contribution in [0.1, 0.15) is 26.7 Å². The summed E-state index contributed by atoms with van der Waals surface area (Å²) in [5.41, 5.74) is -1.58. The number of carbonyl (C=O) groups is 1. The van der Waals surface area contributed by atoms with Gasteiger partial charge in [-0.15, -0.1) is 0 Å². The van der Waals surface area contributed by atoms with E-state index in [4.69, 9.17) is 5.11 Å². The Kier molecular flexibility index (Phi) is 2.14. The number of β-amino-alcohol motifs (C(OH)–C–C–N with tert-alkyl or cyclic N) is 1.